The van der Waals surface area contributed by atoms with Crippen molar-refractivity contribution in [2.75, 3.05) is 13.2 Å². The van der Waals surface area contributed by atoms with Crippen LogP contribution in [0.5, 0.6) is 11.5 Å². The molecule has 5 nitrogen and oxygen atoms in total. The molecule has 32 heavy (non-hydrogen) atoms. The largest absolute Gasteiger partial charge is 0.494 e. The first kappa shape index (κ1) is 21.9. The minimum absolute atomic E-state index is 0.0343. The van der Waals surface area contributed by atoms with Crippen LogP contribution in [0.1, 0.15) is 19.8 Å². The molecule has 0 spiro atoms. The smallest absolute Gasteiger partial charge is 0.261 e. The summed E-state index contributed by atoms with van der Waals surface area (Å²) in [4.78, 5) is 18.0. The van der Waals surface area contributed by atoms with E-state index >= 15 is 0 Å². The third kappa shape index (κ3) is 5.11. The molecule has 1 aromatic heterocycles. The molecule has 0 aliphatic rings. The molecule has 164 valence electrons. The Balaban J connectivity index is 1.47. The third-order valence-electron chi connectivity index (χ3n) is 5.14. The van der Waals surface area contributed by atoms with Gasteiger partial charge in [-0.1, -0.05) is 23.7 Å². The molecule has 6 heteroatoms. The van der Waals surface area contributed by atoms with Crippen molar-refractivity contribution in [3.63, 3.8) is 0 Å². The van der Waals surface area contributed by atoms with Gasteiger partial charge in [-0.15, -0.1) is 0 Å². The van der Waals surface area contributed by atoms with Crippen LogP contribution >= 0.6 is 11.6 Å². The minimum Gasteiger partial charge on any atom is -0.494 e. The molecule has 0 radical (unpaired) electrons. The van der Waals surface area contributed by atoms with Crippen LogP contribution in [0.25, 0.3) is 22.3 Å². The number of rotatable bonds is 9. The van der Waals surface area contributed by atoms with E-state index in [0.29, 0.717) is 41.5 Å². The number of benzene rings is 3. The van der Waals surface area contributed by atoms with Crippen molar-refractivity contribution in [3.05, 3.63) is 88.2 Å². The van der Waals surface area contributed by atoms with E-state index in [2.05, 4.69) is 0 Å². The lowest BCUT2D eigenvalue weighted by Gasteiger charge is -2.14. The maximum atomic E-state index is 13.2. The van der Waals surface area contributed by atoms with Gasteiger partial charge >= 0.3 is 0 Å². The predicted molar refractivity (Wildman–Crippen MR) is 129 cm³/mol. The van der Waals surface area contributed by atoms with E-state index in [0.717, 1.165) is 29.9 Å². The number of hydrogen-bond donors (Lipinski definition) is 0. The summed E-state index contributed by atoms with van der Waals surface area (Å²) in [7, 11) is 0. The Labute approximate surface area is 192 Å². The molecule has 0 saturated carbocycles. The molecule has 1 heterocycles. The van der Waals surface area contributed by atoms with Gasteiger partial charge in [0.25, 0.3) is 5.56 Å². The van der Waals surface area contributed by atoms with Crippen molar-refractivity contribution < 1.29 is 9.47 Å². The van der Waals surface area contributed by atoms with Gasteiger partial charge in [-0.2, -0.15) is 0 Å². The second-order valence-corrected chi connectivity index (χ2v) is 7.81. The maximum absolute atomic E-state index is 13.2. The van der Waals surface area contributed by atoms with Gasteiger partial charge in [-0.3, -0.25) is 9.36 Å². The number of para-hydroxylation sites is 1. The molecular formula is C26H25ClN2O3. The third-order valence-corrected chi connectivity index (χ3v) is 5.40. The minimum atomic E-state index is -0.0343. The van der Waals surface area contributed by atoms with Gasteiger partial charge in [-0.05, 0) is 80.4 Å². The number of ether oxygens (including phenoxy) is 2. The summed E-state index contributed by atoms with van der Waals surface area (Å²) < 4.78 is 13.0. The number of hydrogen-bond acceptors (Lipinski definition) is 4. The molecule has 0 aliphatic carbocycles. The van der Waals surface area contributed by atoms with Crippen molar-refractivity contribution >= 4 is 22.5 Å². The molecule has 0 unspecified atom stereocenters. The van der Waals surface area contributed by atoms with E-state index in [-0.39, 0.29) is 5.56 Å². The second kappa shape index (κ2) is 10.3. The van der Waals surface area contributed by atoms with Crippen molar-refractivity contribution in [3.8, 4) is 22.9 Å². The Hall–Kier alpha value is -3.31. The zero-order valence-corrected chi connectivity index (χ0v) is 18.7. The number of halogens is 1. The average Bonchev–Trinajstić information content (AvgIpc) is 2.82. The molecule has 0 saturated heterocycles. The van der Waals surface area contributed by atoms with Gasteiger partial charge in [0.05, 0.1) is 24.1 Å². The zero-order valence-electron chi connectivity index (χ0n) is 18.0. The molecular weight excluding hydrogens is 424 g/mol. The summed E-state index contributed by atoms with van der Waals surface area (Å²) in [5.74, 6) is 2.29. The Kier molecular flexibility index (Phi) is 7.07. The Morgan fingerprint density at radius 1 is 0.875 bits per heavy atom. The number of unbranched alkanes of at least 4 members (excludes halogenated alkanes) is 1. The zero-order chi connectivity index (χ0) is 22.3. The van der Waals surface area contributed by atoms with Crippen LogP contribution < -0.4 is 15.0 Å². The van der Waals surface area contributed by atoms with Gasteiger partial charge in [0.1, 0.15) is 17.3 Å². The van der Waals surface area contributed by atoms with E-state index in [1.165, 1.54) is 0 Å². The highest BCUT2D eigenvalue weighted by Gasteiger charge is 2.12. The summed E-state index contributed by atoms with van der Waals surface area (Å²) >= 11 is 6.05. The fraction of sp³-hybridized carbons (Fsp3) is 0.231. The van der Waals surface area contributed by atoms with Crippen LogP contribution in [0.2, 0.25) is 5.02 Å². The lowest BCUT2D eigenvalue weighted by molar-refractivity contribution is 0.301. The average molecular weight is 449 g/mol. The van der Waals surface area contributed by atoms with Crippen LogP contribution in [0.15, 0.2) is 77.6 Å². The van der Waals surface area contributed by atoms with Crippen molar-refractivity contribution in [1.82, 2.24) is 9.55 Å². The molecule has 4 rings (SSSR count). The Morgan fingerprint density at radius 3 is 2.28 bits per heavy atom. The van der Waals surface area contributed by atoms with Crippen molar-refractivity contribution in [1.29, 1.82) is 0 Å². The molecule has 3 aromatic carbocycles. The summed E-state index contributed by atoms with van der Waals surface area (Å²) in [6.45, 7) is 3.72. The van der Waals surface area contributed by atoms with Crippen LogP contribution in [0.3, 0.4) is 0 Å². The molecule has 0 atom stereocenters. The van der Waals surface area contributed by atoms with Gasteiger partial charge in [0.2, 0.25) is 0 Å². The highest BCUT2D eigenvalue weighted by molar-refractivity contribution is 6.30. The summed E-state index contributed by atoms with van der Waals surface area (Å²) in [5.41, 5.74) is 1.52. The van der Waals surface area contributed by atoms with Crippen LogP contribution in [-0.4, -0.2) is 22.8 Å². The SMILES string of the molecule is CCOc1ccc(OCCCCn2c(-c3ccc(Cl)cc3)nc3ccccc3c2=O)cc1. The first-order valence-electron chi connectivity index (χ1n) is 10.8. The van der Waals surface area contributed by atoms with Gasteiger partial charge in [-0.25, -0.2) is 4.98 Å². The first-order chi connectivity index (χ1) is 15.7. The first-order valence-corrected chi connectivity index (χ1v) is 11.1. The van der Waals surface area contributed by atoms with E-state index in [1.807, 2.05) is 79.7 Å². The van der Waals surface area contributed by atoms with E-state index in [9.17, 15) is 4.79 Å². The number of fused-ring (bicyclic) bond motifs is 1. The quantitative estimate of drug-likeness (QED) is 0.296. The molecule has 0 N–H and O–H groups in total. The molecule has 0 fully saturated rings. The van der Waals surface area contributed by atoms with Gasteiger partial charge in [0.15, 0.2) is 0 Å². The topological polar surface area (TPSA) is 53.4 Å². The summed E-state index contributed by atoms with van der Waals surface area (Å²) in [6, 6.07) is 22.5. The molecule has 0 amide bonds. The van der Waals surface area contributed by atoms with Crippen molar-refractivity contribution in [2.45, 2.75) is 26.3 Å². The van der Waals surface area contributed by atoms with Gasteiger partial charge < -0.3 is 9.47 Å². The van der Waals surface area contributed by atoms with Crippen LogP contribution in [0, 0.1) is 0 Å². The van der Waals surface area contributed by atoms with E-state index < -0.39 is 0 Å². The fourth-order valence-corrected chi connectivity index (χ4v) is 3.68. The summed E-state index contributed by atoms with van der Waals surface area (Å²) in [6.07, 6.45) is 1.60. The Bertz CT molecular complexity index is 1230. The lowest BCUT2D eigenvalue weighted by Crippen LogP contribution is -2.24. The number of nitrogens with zero attached hydrogens (tertiary/aromatic N) is 2. The fourth-order valence-electron chi connectivity index (χ4n) is 3.56. The van der Waals surface area contributed by atoms with Crippen molar-refractivity contribution in [2.24, 2.45) is 0 Å². The highest BCUT2D eigenvalue weighted by Crippen LogP contribution is 2.22. The standard InChI is InChI=1S/C26H25ClN2O3/c1-2-31-21-13-15-22(16-14-21)32-18-6-5-17-29-25(19-9-11-20(27)12-10-19)28-24-8-4-3-7-23(24)26(29)30/h3-4,7-16H,2,5-6,17-18H2,1H3. The predicted octanol–water partition coefficient (Wildman–Crippen LogP) is 5.97. The maximum Gasteiger partial charge on any atom is 0.261 e. The monoisotopic (exact) mass is 448 g/mol. The second-order valence-electron chi connectivity index (χ2n) is 7.38. The summed E-state index contributed by atoms with van der Waals surface area (Å²) in [5, 5.41) is 1.27. The van der Waals surface area contributed by atoms with Gasteiger partial charge in [0, 0.05) is 17.1 Å². The lowest BCUT2D eigenvalue weighted by atomic mass is 10.1. The highest BCUT2D eigenvalue weighted by atomic mass is 35.5. The normalized spacial score (nSPS) is 10.9. The molecule has 0 aliphatic heterocycles. The van der Waals surface area contributed by atoms with Crippen LogP contribution in [-0.2, 0) is 6.54 Å². The molecule has 0 bridgehead atoms. The molecule has 4 aromatic rings. The van der Waals surface area contributed by atoms with E-state index in [4.69, 9.17) is 26.1 Å². The van der Waals surface area contributed by atoms with E-state index in [1.54, 1.807) is 4.57 Å². The van der Waals surface area contributed by atoms with Crippen LogP contribution in [0.4, 0.5) is 0 Å². The number of aromatic nitrogens is 2. The Morgan fingerprint density at radius 2 is 1.56 bits per heavy atom.